The van der Waals surface area contributed by atoms with Crippen molar-refractivity contribution in [3.8, 4) is 134 Å². The first-order chi connectivity index (χ1) is 47.4. The van der Waals surface area contributed by atoms with E-state index in [0.717, 1.165) is 139 Å². The smallest absolute Gasteiger partial charge is 0.400 e. The number of nitrogens with zero attached hydrogens (tertiary/aromatic N) is 3. The van der Waals surface area contributed by atoms with Gasteiger partial charge in [-0.1, -0.05) is 208 Å². The second-order valence-electron chi connectivity index (χ2n) is 30.5. The summed E-state index contributed by atoms with van der Waals surface area (Å²) in [6, 6.07) is 100. The molecule has 0 radical (unpaired) electrons. The van der Waals surface area contributed by atoms with Crippen LogP contribution >= 0.6 is 0 Å². The topological polar surface area (TPSA) is 57.1 Å². The molecule has 1 fully saturated rings. The summed E-state index contributed by atoms with van der Waals surface area (Å²) in [4.78, 5) is 16.0. The molecule has 7 heteroatoms. The molecular weight excluding hydrogens is 1390 g/mol. The van der Waals surface area contributed by atoms with Crippen molar-refractivity contribution >= 4 is 12.6 Å². The van der Waals surface area contributed by atoms with E-state index in [1.54, 1.807) is 0 Å². The van der Waals surface area contributed by atoms with Gasteiger partial charge in [-0.25, -0.2) is 0 Å². The van der Waals surface area contributed by atoms with E-state index in [-0.39, 0.29) is 36.4 Å². The molecule has 1 aliphatic rings. The van der Waals surface area contributed by atoms with Crippen molar-refractivity contribution in [3.05, 3.63) is 302 Å². The molecule has 0 atom stereocenters. The predicted octanol–water partition coefficient (Wildman–Crippen LogP) is 23.5. The van der Waals surface area contributed by atoms with Gasteiger partial charge in [0.2, 0.25) is 0 Å². The number of aromatic nitrogens is 3. The molecule has 1 aliphatic heterocycles. The number of hydrogen-bond acceptors (Lipinski definition) is 5. The fraction of sp³-hybridized carbons (Fsp3) is 0.194. The van der Waals surface area contributed by atoms with Gasteiger partial charge in [-0.15, -0.1) is 107 Å². The molecule has 0 spiro atoms. The largest absolute Gasteiger partial charge is 3.00 e. The van der Waals surface area contributed by atoms with Gasteiger partial charge >= 0.3 is 27.2 Å². The normalized spacial score (nSPS) is 13.6. The van der Waals surface area contributed by atoms with Crippen molar-refractivity contribution < 1.29 is 29.4 Å². The molecule has 1 saturated heterocycles. The van der Waals surface area contributed by atoms with E-state index in [1.807, 2.05) is 36.4 Å². The number of hydrogen-bond donors (Lipinski definition) is 0. The van der Waals surface area contributed by atoms with Gasteiger partial charge < -0.3 is 24.3 Å². The quantitative estimate of drug-likeness (QED) is 0.0850. The fourth-order valence-electron chi connectivity index (χ4n) is 13.4. The van der Waals surface area contributed by atoms with Crippen LogP contribution in [-0.4, -0.2) is 33.3 Å². The van der Waals surface area contributed by atoms with Crippen LogP contribution in [0.5, 0.6) is 0 Å². The maximum Gasteiger partial charge on any atom is 3.00 e. The fourth-order valence-corrected chi connectivity index (χ4v) is 13.4. The van der Waals surface area contributed by atoms with Gasteiger partial charge in [0.1, 0.15) is 0 Å². The minimum Gasteiger partial charge on any atom is -0.400 e. The zero-order chi connectivity index (χ0) is 69.0. The van der Waals surface area contributed by atoms with E-state index in [0.29, 0.717) is 0 Å². The third kappa shape index (κ3) is 14.0. The van der Waals surface area contributed by atoms with Crippen LogP contribution in [0.4, 0.5) is 0 Å². The molecule has 3 aromatic heterocycles. The minimum atomic E-state index is -0.539. The molecule has 10 aromatic carbocycles. The Kier molecular flexibility index (Phi) is 18.9. The van der Waals surface area contributed by atoms with Gasteiger partial charge in [-0.3, -0.25) is 0 Å². The molecule has 0 amide bonds. The molecule has 494 valence electrons. The maximum atomic E-state index is 6.59. The molecule has 100 heavy (non-hydrogen) atoms. The summed E-state index contributed by atoms with van der Waals surface area (Å²) in [6.45, 7) is 29.0. The monoisotopic (exact) mass is 1480 g/mol. The summed E-state index contributed by atoms with van der Waals surface area (Å²) in [6.07, 6.45) is 6.26. The van der Waals surface area contributed by atoms with Crippen LogP contribution in [0.25, 0.3) is 134 Å². The molecule has 0 saturated carbocycles. The van der Waals surface area contributed by atoms with Gasteiger partial charge in [0.25, 0.3) is 0 Å². The van der Waals surface area contributed by atoms with Crippen molar-refractivity contribution in [2.45, 2.75) is 117 Å². The first-order valence-corrected chi connectivity index (χ1v) is 34.5. The first kappa shape index (κ1) is 68.8. The molecule has 0 N–H and O–H groups in total. The van der Waals surface area contributed by atoms with Gasteiger partial charge in [0.15, 0.2) is 0 Å². The second kappa shape index (κ2) is 27.4. The molecule has 0 aliphatic carbocycles. The van der Waals surface area contributed by atoms with Crippen molar-refractivity contribution in [3.63, 3.8) is 0 Å². The summed E-state index contributed by atoms with van der Waals surface area (Å²) in [7, 11) is -0.539. The predicted molar refractivity (Wildman–Crippen MR) is 413 cm³/mol. The van der Waals surface area contributed by atoms with Crippen LogP contribution in [-0.2, 0) is 45.7 Å². The van der Waals surface area contributed by atoms with Crippen molar-refractivity contribution in [1.82, 2.24) is 15.0 Å². The number of rotatable bonds is 13. The Balaban J connectivity index is 0.00000896. The average molecular weight is 1480 g/mol. The van der Waals surface area contributed by atoms with Crippen molar-refractivity contribution in [1.29, 1.82) is 0 Å². The Labute approximate surface area is 606 Å². The van der Waals surface area contributed by atoms with Gasteiger partial charge in [-0.05, 0) is 198 Å². The van der Waals surface area contributed by atoms with Crippen molar-refractivity contribution in [2.24, 2.45) is 0 Å². The average Bonchev–Trinajstić information content (AvgIpc) is 0.920. The molecule has 0 unspecified atom stereocenters. The van der Waals surface area contributed by atoms with Gasteiger partial charge in [0, 0.05) is 35.3 Å². The van der Waals surface area contributed by atoms with Crippen LogP contribution in [0.1, 0.15) is 107 Å². The van der Waals surface area contributed by atoms with E-state index >= 15 is 0 Å². The number of pyridine rings is 3. The summed E-state index contributed by atoms with van der Waals surface area (Å²) in [5.74, 6) is 0. The molecule has 4 heterocycles. The van der Waals surface area contributed by atoms with E-state index in [9.17, 15) is 0 Å². The third-order valence-corrected chi connectivity index (χ3v) is 20.0. The zero-order valence-electron chi connectivity index (χ0n) is 59.5. The molecule has 5 nitrogen and oxygen atoms in total. The van der Waals surface area contributed by atoms with Crippen LogP contribution in [0.2, 0.25) is 0 Å². The Morgan fingerprint density at radius 2 is 0.610 bits per heavy atom. The van der Waals surface area contributed by atoms with Gasteiger partial charge in [0.05, 0.1) is 11.2 Å². The summed E-state index contributed by atoms with van der Waals surface area (Å²) in [5.41, 5.74) is 27.4. The van der Waals surface area contributed by atoms with E-state index in [4.69, 9.17) is 24.3 Å². The molecule has 13 aromatic rings. The maximum absolute atomic E-state index is 6.59. The van der Waals surface area contributed by atoms with Crippen LogP contribution in [0.3, 0.4) is 0 Å². The first-order valence-electron chi connectivity index (χ1n) is 34.5. The Morgan fingerprint density at radius 1 is 0.290 bits per heavy atom. The summed E-state index contributed by atoms with van der Waals surface area (Å²) < 4.78 is 13.2. The second-order valence-corrected chi connectivity index (χ2v) is 30.5. The standard InChI is InChI=1S/C93H83BN3O2.Ir/c1-89(2,3)70-42-45-74(80(52-70)83-58-95-86(64-36-25-17-26-37-64)55-77(83)61-30-19-14-20-31-61)67-48-68(75-46-43-71(90(4,5)6)53-81(75)84-59-96-87(65-38-27-18-28-39-65)56-78(84)62-32-21-15-22-33-62)50-69(49-67)76-47-44-72(91(7,8)9)54-82(76)85-60-97-88(57-79(85)63-34-23-16-24-35-63)66-40-29-41-73(51-66)94-98-92(10,11)93(12,13)99-94;/h14-36,38,41-60H,1-13H3;/q-3;+3. The van der Waals surface area contributed by atoms with E-state index < -0.39 is 18.3 Å². The number of benzene rings is 10. The minimum absolute atomic E-state index is 0. The summed E-state index contributed by atoms with van der Waals surface area (Å²) in [5, 5.41) is 0. The molecular formula is C93H83BIrN3O2. The Bertz CT molecular complexity index is 4910. The molecule has 14 rings (SSSR count). The molecule has 0 bridgehead atoms. The SMILES string of the molecule is CC(C)(C)c1ccc(-c2cc(-c3ccc(C(C)(C)C)cc3-c3cnc(-c4[c-]cccc4)cc3-c3ccccc3)cc(-c3ccc(C(C)(C)C)cc3-c3cnc(-c4[c-]ccc(B5OC(C)(C)C(C)(C)O5)c4)cc3-c3ccccc3)c2)c(-c2cnc(-c3[c-]cccc3)cc2-c2ccccc2)c1.[Ir+3]. The van der Waals surface area contributed by atoms with E-state index in [2.05, 4.69) is 339 Å². The van der Waals surface area contributed by atoms with Crippen LogP contribution < -0.4 is 5.46 Å². The summed E-state index contributed by atoms with van der Waals surface area (Å²) >= 11 is 0. The Hall–Kier alpha value is -9.72. The third-order valence-electron chi connectivity index (χ3n) is 20.0. The zero-order valence-corrected chi connectivity index (χ0v) is 61.9. The Morgan fingerprint density at radius 3 is 0.930 bits per heavy atom. The van der Waals surface area contributed by atoms with Crippen LogP contribution in [0.15, 0.2) is 267 Å². The van der Waals surface area contributed by atoms with Gasteiger partial charge in [-0.2, -0.15) is 0 Å². The van der Waals surface area contributed by atoms with E-state index in [1.165, 1.54) is 16.7 Å². The van der Waals surface area contributed by atoms with Crippen molar-refractivity contribution in [2.75, 3.05) is 0 Å². The van der Waals surface area contributed by atoms with Crippen LogP contribution in [0, 0.1) is 18.2 Å².